The van der Waals surface area contributed by atoms with Crippen molar-refractivity contribution < 1.29 is 0 Å². The molecule has 0 fully saturated rings. The molecule has 3 N–H and O–H groups in total. The number of anilines is 1. The molecule has 0 spiro atoms. The number of thiocarbonyl (C=S) groups is 1. The third-order valence-electron chi connectivity index (χ3n) is 3.41. The molecule has 0 atom stereocenters. The molecule has 0 saturated carbocycles. The number of benzene rings is 2. The van der Waals surface area contributed by atoms with E-state index < -0.39 is 0 Å². The summed E-state index contributed by atoms with van der Waals surface area (Å²) in [7, 11) is 0. The Morgan fingerprint density at radius 3 is 2.77 bits per heavy atom. The van der Waals surface area contributed by atoms with E-state index in [1.54, 1.807) is 4.90 Å². The SMILES string of the molecule is NC(=S)N(CCc1cccc(Cl)c1)c1nc2ccccc2[nH]1. The van der Waals surface area contributed by atoms with Gasteiger partial charge in [-0.15, -0.1) is 0 Å². The van der Waals surface area contributed by atoms with Crippen molar-refractivity contribution in [2.75, 3.05) is 11.4 Å². The number of hydrogen-bond donors (Lipinski definition) is 2. The van der Waals surface area contributed by atoms with Crippen LogP contribution in [0.1, 0.15) is 5.56 Å². The molecule has 3 rings (SSSR count). The number of hydrogen-bond acceptors (Lipinski definition) is 2. The maximum atomic E-state index is 6.01. The minimum absolute atomic E-state index is 0.293. The number of H-pyrrole nitrogens is 1. The normalized spacial score (nSPS) is 10.8. The number of aromatic nitrogens is 2. The van der Waals surface area contributed by atoms with Crippen LogP contribution in [0, 0.1) is 0 Å². The Morgan fingerprint density at radius 2 is 2.05 bits per heavy atom. The van der Waals surface area contributed by atoms with Crippen molar-refractivity contribution in [2.45, 2.75) is 6.42 Å². The van der Waals surface area contributed by atoms with Crippen LogP contribution in [0.4, 0.5) is 5.95 Å². The fourth-order valence-electron chi connectivity index (χ4n) is 2.32. The zero-order valence-corrected chi connectivity index (χ0v) is 13.4. The Morgan fingerprint density at radius 1 is 1.23 bits per heavy atom. The van der Waals surface area contributed by atoms with Crippen molar-refractivity contribution >= 4 is 45.9 Å². The van der Waals surface area contributed by atoms with E-state index in [2.05, 4.69) is 9.97 Å². The van der Waals surface area contributed by atoms with Crippen molar-refractivity contribution in [1.29, 1.82) is 0 Å². The first-order chi connectivity index (χ1) is 10.6. The number of nitrogens with zero attached hydrogens (tertiary/aromatic N) is 2. The smallest absolute Gasteiger partial charge is 0.210 e. The fourth-order valence-corrected chi connectivity index (χ4v) is 2.71. The van der Waals surface area contributed by atoms with Gasteiger partial charge in [-0.25, -0.2) is 4.98 Å². The van der Waals surface area contributed by atoms with Crippen molar-refractivity contribution in [2.24, 2.45) is 5.73 Å². The van der Waals surface area contributed by atoms with Crippen molar-refractivity contribution in [3.8, 4) is 0 Å². The topological polar surface area (TPSA) is 57.9 Å². The van der Waals surface area contributed by atoms with E-state index in [0.717, 1.165) is 28.0 Å². The molecule has 112 valence electrons. The van der Waals surface area contributed by atoms with Gasteiger partial charge in [-0.05, 0) is 48.5 Å². The van der Waals surface area contributed by atoms with Crippen molar-refractivity contribution in [3.63, 3.8) is 0 Å². The number of nitrogens with one attached hydrogen (secondary N) is 1. The molecular formula is C16H15ClN4S. The van der Waals surface area contributed by atoms with Crippen LogP contribution < -0.4 is 10.6 Å². The molecule has 0 radical (unpaired) electrons. The number of halogens is 1. The second-order valence-electron chi connectivity index (χ2n) is 4.95. The summed E-state index contributed by atoms with van der Waals surface area (Å²) in [5.74, 6) is 0.663. The lowest BCUT2D eigenvalue weighted by molar-refractivity contribution is 0.910. The average Bonchev–Trinajstić information content (AvgIpc) is 2.90. The third-order valence-corrected chi connectivity index (χ3v) is 3.87. The lowest BCUT2D eigenvalue weighted by atomic mass is 10.1. The number of imidazole rings is 1. The van der Waals surface area contributed by atoms with Crippen LogP contribution in [0.2, 0.25) is 5.02 Å². The predicted octanol–water partition coefficient (Wildman–Crippen LogP) is 3.51. The second-order valence-corrected chi connectivity index (χ2v) is 5.80. The first-order valence-electron chi connectivity index (χ1n) is 6.89. The minimum Gasteiger partial charge on any atom is -0.376 e. The van der Waals surface area contributed by atoms with Crippen LogP contribution in [0.3, 0.4) is 0 Å². The quantitative estimate of drug-likeness (QED) is 0.719. The first kappa shape index (κ1) is 14.8. The van der Waals surface area contributed by atoms with E-state index in [1.807, 2.05) is 48.5 Å². The Balaban J connectivity index is 1.82. The van der Waals surface area contributed by atoms with E-state index in [4.69, 9.17) is 29.6 Å². The highest BCUT2D eigenvalue weighted by atomic mass is 35.5. The molecule has 0 aliphatic heterocycles. The van der Waals surface area contributed by atoms with E-state index >= 15 is 0 Å². The van der Waals surface area contributed by atoms with Crippen LogP contribution in [0.15, 0.2) is 48.5 Å². The molecule has 0 amide bonds. The fraction of sp³-hybridized carbons (Fsp3) is 0.125. The molecule has 0 bridgehead atoms. The van der Waals surface area contributed by atoms with Gasteiger partial charge in [0.2, 0.25) is 5.95 Å². The summed E-state index contributed by atoms with van der Waals surface area (Å²) in [4.78, 5) is 9.59. The average molecular weight is 331 g/mol. The Kier molecular flexibility index (Phi) is 4.27. The zero-order chi connectivity index (χ0) is 15.5. The zero-order valence-electron chi connectivity index (χ0n) is 11.8. The van der Waals surface area contributed by atoms with Crippen LogP contribution in [-0.2, 0) is 6.42 Å². The molecule has 3 aromatic rings. The number of rotatable bonds is 4. The van der Waals surface area contributed by atoms with Gasteiger partial charge >= 0.3 is 0 Å². The monoisotopic (exact) mass is 330 g/mol. The van der Waals surface area contributed by atoms with Gasteiger partial charge in [0.05, 0.1) is 11.0 Å². The van der Waals surface area contributed by atoms with E-state index in [9.17, 15) is 0 Å². The minimum atomic E-state index is 0.293. The lowest BCUT2D eigenvalue weighted by Gasteiger charge is -2.19. The second kappa shape index (κ2) is 6.34. The molecule has 4 nitrogen and oxygen atoms in total. The molecular weight excluding hydrogens is 316 g/mol. The highest BCUT2D eigenvalue weighted by Crippen LogP contribution is 2.18. The Bertz CT molecular complexity index is 782. The summed E-state index contributed by atoms with van der Waals surface area (Å²) in [5, 5.41) is 1.02. The van der Waals surface area contributed by atoms with Gasteiger partial charge < -0.3 is 10.7 Å². The van der Waals surface area contributed by atoms with Crippen LogP contribution >= 0.6 is 23.8 Å². The van der Waals surface area contributed by atoms with Gasteiger partial charge in [-0.2, -0.15) is 0 Å². The summed E-state index contributed by atoms with van der Waals surface area (Å²) in [6.07, 6.45) is 0.773. The van der Waals surface area contributed by atoms with Gasteiger partial charge in [-0.3, -0.25) is 4.90 Å². The number of para-hydroxylation sites is 2. The molecule has 2 aromatic carbocycles. The predicted molar refractivity (Wildman–Crippen MR) is 95.4 cm³/mol. The first-order valence-corrected chi connectivity index (χ1v) is 7.68. The summed E-state index contributed by atoms with van der Waals surface area (Å²) in [6.45, 7) is 0.634. The summed E-state index contributed by atoms with van der Waals surface area (Å²) in [5.41, 5.74) is 8.84. The molecule has 0 saturated heterocycles. The maximum absolute atomic E-state index is 6.01. The molecule has 1 aromatic heterocycles. The van der Waals surface area contributed by atoms with E-state index in [1.165, 1.54) is 0 Å². The molecule has 6 heteroatoms. The van der Waals surface area contributed by atoms with Gasteiger partial charge in [0.1, 0.15) is 0 Å². The molecule has 1 heterocycles. The molecule has 0 aliphatic carbocycles. The van der Waals surface area contributed by atoms with Crippen LogP contribution in [0.25, 0.3) is 11.0 Å². The van der Waals surface area contributed by atoms with Crippen LogP contribution in [-0.4, -0.2) is 21.6 Å². The summed E-state index contributed by atoms with van der Waals surface area (Å²) < 4.78 is 0. The van der Waals surface area contributed by atoms with E-state index in [0.29, 0.717) is 17.6 Å². The molecule has 0 aliphatic rings. The maximum Gasteiger partial charge on any atom is 0.210 e. The van der Waals surface area contributed by atoms with E-state index in [-0.39, 0.29) is 0 Å². The lowest BCUT2D eigenvalue weighted by Crippen LogP contribution is -2.37. The van der Waals surface area contributed by atoms with Gasteiger partial charge in [-0.1, -0.05) is 35.9 Å². The largest absolute Gasteiger partial charge is 0.376 e. The van der Waals surface area contributed by atoms with Crippen molar-refractivity contribution in [1.82, 2.24) is 9.97 Å². The number of fused-ring (bicyclic) bond motifs is 1. The molecule has 0 unspecified atom stereocenters. The third kappa shape index (κ3) is 3.21. The van der Waals surface area contributed by atoms with Crippen molar-refractivity contribution in [3.05, 3.63) is 59.1 Å². The Hall–Kier alpha value is -2.11. The highest BCUT2D eigenvalue weighted by molar-refractivity contribution is 7.80. The Labute approximate surface area is 138 Å². The standard InChI is InChI=1S/C16H15ClN4S/c17-12-5-3-4-11(10-12)8-9-21(15(18)22)16-19-13-6-1-2-7-14(13)20-16/h1-7,10H,8-9H2,(H2,18,22)(H,19,20). The van der Waals surface area contributed by atoms with Crippen LogP contribution in [0.5, 0.6) is 0 Å². The number of nitrogens with two attached hydrogens (primary N) is 1. The molecule has 22 heavy (non-hydrogen) atoms. The van der Waals surface area contributed by atoms with Gasteiger partial charge in [0, 0.05) is 11.6 Å². The highest BCUT2D eigenvalue weighted by Gasteiger charge is 2.14. The number of aromatic amines is 1. The van der Waals surface area contributed by atoms with Gasteiger partial charge in [0.25, 0.3) is 0 Å². The summed E-state index contributed by atoms with van der Waals surface area (Å²) >= 11 is 11.2. The van der Waals surface area contributed by atoms with Gasteiger partial charge in [0.15, 0.2) is 5.11 Å². The summed E-state index contributed by atoms with van der Waals surface area (Å²) in [6, 6.07) is 15.6.